The molecule has 0 unspecified atom stereocenters. The molecule has 0 radical (unpaired) electrons. The molecule has 0 aliphatic heterocycles. The minimum atomic E-state index is -0.993. The van der Waals surface area contributed by atoms with Crippen molar-refractivity contribution in [2.24, 2.45) is 0 Å². The summed E-state index contributed by atoms with van der Waals surface area (Å²) in [4.78, 5) is 22.1. The molecule has 0 aliphatic rings. The predicted molar refractivity (Wildman–Crippen MR) is 73.0 cm³/mol. The average molecular weight is 312 g/mol. The molecule has 21 heavy (non-hydrogen) atoms. The normalized spacial score (nSPS) is 11.2. The van der Waals surface area contributed by atoms with Gasteiger partial charge >= 0.3 is 5.69 Å². The van der Waals surface area contributed by atoms with Gasteiger partial charge in [-0.1, -0.05) is 17.7 Å². The van der Waals surface area contributed by atoms with Crippen molar-refractivity contribution < 1.29 is 8.78 Å². The Kier molecular flexibility index (Phi) is 3.09. The summed E-state index contributed by atoms with van der Waals surface area (Å²) in [5.74, 6) is -2.04. The molecule has 0 aliphatic carbocycles. The van der Waals surface area contributed by atoms with Gasteiger partial charge in [-0.25, -0.2) is 13.6 Å². The van der Waals surface area contributed by atoms with Gasteiger partial charge in [0.05, 0.1) is 6.54 Å². The standard InChI is InChI=1S/C12H8ClF2N5O/c13-9-8-10(19-11(16)18-9)20(12(21)17-8)4-5-1-2-6(14)7(15)3-5/h1-3H,4H2,(H,17,21)(H2,16,18,19). The SMILES string of the molecule is Nc1nc(Cl)c2[nH]c(=O)n(Cc3ccc(F)c(F)c3)c2n1. The summed E-state index contributed by atoms with van der Waals surface area (Å²) in [6.07, 6.45) is 0. The molecule has 3 rings (SSSR count). The maximum absolute atomic E-state index is 13.2. The maximum Gasteiger partial charge on any atom is 0.328 e. The Hall–Kier alpha value is -2.48. The first-order chi connectivity index (χ1) is 9.95. The van der Waals surface area contributed by atoms with E-state index in [4.69, 9.17) is 17.3 Å². The molecule has 6 nitrogen and oxygen atoms in total. The third-order valence-electron chi connectivity index (χ3n) is 2.92. The van der Waals surface area contributed by atoms with E-state index in [1.165, 1.54) is 10.6 Å². The molecule has 9 heteroatoms. The van der Waals surface area contributed by atoms with Crippen LogP contribution in [0.5, 0.6) is 0 Å². The van der Waals surface area contributed by atoms with Gasteiger partial charge in [-0.15, -0.1) is 0 Å². The van der Waals surface area contributed by atoms with Crippen molar-refractivity contribution >= 4 is 28.7 Å². The summed E-state index contributed by atoms with van der Waals surface area (Å²) in [5, 5.41) is 0.0126. The van der Waals surface area contributed by atoms with Gasteiger partial charge in [0.1, 0.15) is 5.52 Å². The molecule has 3 aromatic rings. The first-order valence-electron chi connectivity index (χ1n) is 5.81. The number of benzene rings is 1. The number of nitrogens with one attached hydrogen (secondary N) is 1. The summed E-state index contributed by atoms with van der Waals surface area (Å²) < 4.78 is 27.3. The zero-order chi connectivity index (χ0) is 15.1. The van der Waals surface area contributed by atoms with Crippen LogP contribution < -0.4 is 11.4 Å². The number of nitrogen functional groups attached to an aromatic ring is 1. The van der Waals surface area contributed by atoms with Crippen LogP contribution >= 0.6 is 11.6 Å². The number of nitrogens with zero attached hydrogens (tertiary/aromatic N) is 3. The lowest BCUT2D eigenvalue weighted by Crippen LogP contribution is -2.18. The Morgan fingerprint density at radius 1 is 1.29 bits per heavy atom. The molecular formula is C12H8ClF2N5O. The van der Waals surface area contributed by atoms with Crippen molar-refractivity contribution in [1.29, 1.82) is 0 Å². The van der Waals surface area contributed by atoms with Crippen LogP contribution in [0.4, 0.5) is 14.7 Å². The van der Waals surface area contributed by atoms with E-state index in [1.807, 2.05) is 0 Å². The Labute approximate surface area is 121 Å². The Balaban J connectivity index is 2.14. The lowest BCUT2D eigenvalue weighted by Gasteiger charge is -2.04. The van der Waals surface area contributed by atoms with E-state index in [2.05, 4.69) is 15.0 Å². The van der Waals surface area contributed by atoms with Crippen molar-refractivity contribution in [3.05, 3.63) is 51.0 Å². The number of halogens is 3. The second-order valence-electron chi connectivity index (χ2n) is 4.34. The summed E-state index contributed by atoms with van der Waals surface area (Å²) in [5.41, 5.74) is 5.82. The van der Waals surface area contributed by atoms with Crippen LogP contribution in [-0.4, -0.2) is 19.5 Å². The van der Waals surface area contributed by atoms with Gasteiger partial charge in [0, 0.05) is 0 Å². The van der Waals surface area contributed by atoms with E-state index in [0.29, 0.717) is 5.56 Å². The van der Waals surface area contributed by atoms with Crippen LogP contribution in [0.1, 0.15) is 5.56 Å². The average Bonchev–Trinajstić information content (AvgIpc) is 2.72. The van der Waals surface area contributed by atoms with E-state index in [1.54, 1.807) is 0 Å². The van der Waals surface area contributed by atoms with E-state index in [-0.39, 0.29) is 28.8 Å². The van der Waals surface area contributed by atoms with Gasteiger partial charge in [0.2, 0.25) is 5.95 Å². The van der Waals surface area contributed by atoms with Crippen LogP contribution in [-0.2, 0) is 6.54 Å². The van der Waals surface area contributed by atoms with Crippen molar-refractivity contribution in [2.45, 2.75) is 6.54 Å². The summed E-state index contributed by atoms with van der Waals surface area (Å²) in [7, 11) is 0. The third-order valence-corrected chi connectivity index (χ3v) is 3.19. The van der Waals surface area contributed by atoms with Crippen LogP contribution in [0.3, 0.4) is 0 Å². The second-order valence-corrected chi connectivity index (χ2v) is 4.69. The third kappa shape index (κ3) is 2.33. The fourth-order valence-corrected chi connectivity index (χ4v) is 2.20. The number of rotatable bonds is 2. The Morgan fingerprint density at radius 2 is 2.05 bits per heavy atom. The number of hydrogen-bond acceptors (Lipinski definition) is 4. The second kappa shape index (κ2) is 4.81. The number of aromatic nitrogens is 4. The number of imidazole rings is 1. The van der Waals surface area contributed by atoms with Crippen molar-refractivity contribution in [2.75, 3.05) is 5.73 Å². The molecule has 0 bridgehead atoms. The molecule has 0 fully saturated rings. The topological polar surface area (TPSA) is 89.6 Å². The number of aromatic amines is 1. The van der Waals surface area contributed by atoms with Gasteiger partial charge in [-0.05, 0) is 17.7 Å². The molecule has 3 N–H and O–H groups in total. The summed E-state index contributed by atoms with van der Waals surface area (Å²) in [6.45, 7) is -0.0111. The van der Waals surface area contributed by atoms with E-state index >= 15 is 0 Å². The minimum absolute atomic E-state index is 0.0111. The zero-order valence-corrected chi connectivity index (χ0v) is 11.2. The van der Waals surface area contributed by atoms with Gasteiger partial charge in [-0.3, -0.25) is 4.57 Å². The van der Waals surface area contributed by atoms with Crippen molar-refractivity contribution in [3.63, 3.8) is 0 Å². The fraction of sp³-hybridized carbons (Fsp3) is 0.0833. The number of H-pyrrole nitrogens is 1. The highest BCUT2D eigenvalue weighted by Gasteiger charge is 2.14. The van der Waals surface area contributed by atoms with Gasteiger partial charge < -0.3 is 10.7 Å². The molecule has 0 spiro atoms. The highest BCUT2D eigenvalue weighted by atomic mass is 35.5. The molecule has 108 valence electrons. The first-order valence-corrected chi connectivity index (χ1v) is 6.19. The van der Waals surface area contributed by atoms with Crippen LogP contribution in [0.2, 0.25) is 5.15 Å². The van der Waals surface area contributed by atoms with Crippen molar-refractivity contribution in [1.82, 2.24) is 19.5 Å². The Morgan fingerprint density at radius 3 is 2.76 bits per heavy atom. The number of anilines is 1. The summed E-state index contributed by atoms with van der Waals surface area (Å²) in [6, 6.07) is 3.36. The number of hydrogen-bond donors (Lipinski definition) is 2. The highest BCUT2D eigenvalue weighted by molar-refractivity contribution is 6.33. The van der Waals surface area contributed by atoms with Gasteiger partial charge in [0.15, 0.2) is 22.4 Å². The molecule has 0 atom stereocenters. The molecule has 2 heterocycles. The Bertz CT molecular complexity index is 905. The van der Waals surface area contributed by atoms with Crippen molar-refractivity contribution in [3.8, 4) is 0 Å². The van der Waals surface area contributed by atoms with E-state index in [0.717, 1.165) is 12.1 Å². The monoisotopic (exact) mass is 311 g/mol. The number of nitrogens with two attached hydrogens (primary N) is 1. The lowest BCUT2D eigenvalue weighted by atomic mass is 10.2. The maximum atomic E-state index is 13.2. The fourth-order valence-electron chi connectivity index (χ4n) is 1.98. The van der Waals surface area contributed by atoms with Gasteiger partial charge in [-0.2, -0.15) is 9.97 Å². The molecule has 0 saturated carbocycles. The molecular weight excluding hydrogens is 304 g/mol. The van der Waals surface area contributed by atoms with Crippen LogP contribution in [0.25, 0.3) is 11.2 Å². The molecule has 0 amide bonds. The number of fused-ring (bicyclic) bond motifs is 1. The first kappa shape index (κ1) is 13.5. The van der Waals surface area contributed by atoms with Crippen LogP contribution in [0.15, 0.2) is 23.0 Å². The van der Waals surface area contributed by atoms with Crippen LogP contribution in [0, 0.1) is 11.6 Å². The lowest BCUT2D eigenvalue weighted by molar-refractivity contribution is 0.506. The molecule has 1 aromatic carbocycles. The summed E-state index contributed by atoms with van der Waals surface area (Å²) >= 11 is 5.87. The molecule has 0 saturated heterocycles. The largest absolute Gasteiger partial charge is 0.368 e. The van der Waals surface area contributed by atoms with Gasteiger partial charge in [0.25, 0.3) is 0 Å². The minimum Gasteiger partial charge on any atom is -0.368 e. The van der Waals surface area contributed by atoms with E-state index in [9.17, 15) is 13.6 Å². The smallest absolute Gasteiger partial charge is 0.328 e. The zero-order valence-electron chi connectivity index (χ0n) is 10.4. The molecule has 2 aromatic heterocycles. The quantitative estimate of drug-likeness (QED) is 0.705. The predicted octanol–water partition coefficient (Wildman–Crippen LogP) is 1.68. The van der Waals surface area contributed by atoms with E-state index < -0.39 is 17.3 Å². The highest BCUT2D eigenvalue weighted by Crippen LogP contribution is 2.19.